The van der Waals surface area contributed by atoms with Crippen molar-refractivity contribution in [2.24, 2.45) is 5.92 Å². The number of aryl methyl sites for hydroxylation is 1. The third-order valence-electron chi connectivity index (χ3n) is 4.06. The molecule has 0 spiro atoms. The summed E-state index contributed by atoms with van der Waals surface area (Å²) in [7, 11) is 1.60. The lowest BCUT2D eigenvalue weighted by Gasteiger charge is -2.33. The van der Waals surface area contributed by atoms with Crippen molar-refractivity contribution in [2.75, 3.05) is 20.2 Å². The lowest BCUT2D eigenvalue weighted by atomic mass is 9.93. The number of piperidine rings is 1. The van der Waals surface area contributed by atoms with Crippen LogP contribution in [0.4, 0.5) is 0 Å². The van der Waals surface area contributed by atoms with Crippen LogP contribution in [0.1, 0.15) is 35.7 Å². The lowest BCUT2D eigenvalue weighted by Crippen LogP contribution is -2.40. The Balaban J connectivity index is 2.11. The van der Waals surface area contributed by atoms with Crippen molar-refractivity contribution >= 4 is 17.5 Å². The van der Waals surface area contributed by atoms with Gasteiger partial charge in [-0.15, -0.1) is 11.6 Å². The molecule has 1 aliphatic heterocycles. The Labute approximate surface area is 125 Å². The summed E-state index contributed by atoms with van der Waals surface area (Å²) in [5, 5.41) is 0.181. The molecule has 1 unspecified atom stereocenters. The summed E-state index contributed by atoms with van der Waals surface area (Å²) in [6.45, 7) is 5.57. The molecule has 0 radical (unpaired) electrons. The van der Waals surface area contributed by atoms with E-state index in [4.69, 9.17) is 16.3 Å². The number of nitrogens with zero attached hydrogens (tertiary/aromatic N) is 1. The zero-order valence-corrected chi connectivity index (χ0v) is 13.1. The molecule has 1 aromatic carbocycles. The third-order valence-corrected chi connectivity index (χ3v) is 4.42. The van der Waals surface area contributed by atoms with Crippen LogP contribution in [0.5, 0.6) is 5.75 Å². The fraction of sp³-hybridized carbons (Fsp3) is 0.562. The van der Waals surface area contributed by atoms with Crippen LogP contribution in [0.25, 0.3) is 0 Å². The van der Waals surface area contributed by atoms with Gasteiger partial charge in [-0.2, -0.15) is 0 Å². The van der Waals surface area contributed by atoms with Crippen molar-refractivity contribution in [3.8, 4) is 5.75 Å². The molecule has 1 aliphatic rings. The number of carbonyl (C=O) groups is 1. The van der Waals surface area contributed by atoms with Gasteiger partial charge in [0.15, 0.2) is 0 Å². The summed E-state index contributed by atoms with van der Waals surface area (Å²) in [5.74, 6) is 1.22. The summed E-state index contributed by atoms with van der Waals surface area (Å²) in [4.78, 5) is 14.5. The van der Waals surface area contributed by atoms with Gasteiger partial charge in [0, 0.05) is 18.5 Å². The second kappa shape index (κ2) is 6.49. The third kappa shape index (κ3) is 3.26. The van der Waals surface area contributed by atoms with Gasteiger partial charge in [-0.25, -0.2) is 0 Å². The lowest BCUT2D eigenvalue weighted by molar-refractivity contribution is 0.0686. The minimum Gasteiger partial charge on any atom is -0.496 e. The molecule has 1 amide bonds. The maximum Gasteiger partial charge on any atom is 0.257 e. The number of rotatable bonds is 3. The molecule has 3 nitrogen and oxygen atoms in total. The van der Waals surface area contributed by atoms with Gasteiger partial charge in [-0.1, -0.05) is 11.6 Å². The number of benzene rings is 1. The SMILES string of the molecule is COc1ccc(C)cc1C(=O)N1CCC(C(C)Cl)CC1. The van der Waals surface area contributed by atoms with Gasteiger partial charge in [0.1, 0.15) is 5.75 Å². The zero-order valence-electron chi connectivity index (χ0n) is 12.4. The first kappa shape index (κ1) is 15.2. The Morgan fingerprint density at radius 1 is 1.40 bits per heavy atom. The largest absolute Gasteiger partial charge is 0.496 e. The Hall–Kier alpha value is -1.22. The quantitative estimate of drug-likeness (QED) is 0.799. The van der Waals surface area contributed by atoms with Crippen LogP contribution in [0, 0.1) is 12.8 Å². The molecule has 110 valence electrons. The van der Waals surface area contributed by atoms with Crippen LogP contribution >= 0.6 is 11.6 Å². The first-order valence-electron chi connectivity index (χ1n) is 7.11. The van der Waals surface area contributed by atoms with Crippen LogP contribution in [0.15, 0.2) is 18.2 Å². The molecule has 4 heteroatoms. The highest BCUT2D eigenvalue weighted by Crippen LogP contribution is 2.27. The monoisotopic (exact) mass is 295 g/mol. The van der Waals surface area contributed by atoms with E-state index in [0.29, 0.717) is 17.2 Å². The standard InChI is InChI=1S/C16H22ClNO2/c1-11-4-5-15(20-3)14(10-11)16(19)18-8-6-13(7-9-18)12(2)17/h4-5,10,12-13H,6-9H2,1-3H3. The van der Waals surface area contributed by atoms with Crippen molar-refractivity contribution in [2.45, 2.75) is 32.1 Å². The van der Waals surface area contributed by atoms with E-state index in [1.165, 1.54) is 0 Å². The Bertz CT molecular complexity index is 479. The van der Waals surface area contributed by atoms with E-state index in [1.807, 2.05) is 36.9 Å². The minimum absolute atomic E-state index is 0.0613. The van der Waals surface area contributed by atoms with Gasteiger partial charge < -0.3 is 9.64 Å². The molecule has 1 saturated heterocycles. The van der Waals surface area contributed by atoms with E-state index in [2.05, 4.69) is 0 Å². The van der Waals surface area contributed by atoms with E-state index in [9.17, 15) is 4.79 Å². The highest BCUT2D eigenvalue weighted by atomic mass is 35.5. The number of hydrogen-bond donors (Lipinski definition) is 0. The predicted octanol–water partition coefficient (Wildman–Crippen LogP) is 3.48. The highest BCUT2D eigenvalue weighted by molar-refractivity contribution is 6.20. The van der Waals surface area contributed by atoms with Gasteiger partial charge in [-0.3, -0.25) is 4.79 Å². The number of carbonyl (C=O) groups excluding carboxylic acids is 1. The normalized spacial score (nSPS) is 17.9. The number of hydrogen-bond acceptors (Lipinski definition) is 2. The Morgan fingerprint density at radius 2 is 2.05 bits per heavy atom. The molecule has 2 rings (SSSR count). The Kier molecular flexibility index (Phi) is 4.92. The first-order chi connectivity index (χ1) is 9.52. The van der Waals surface area contributed by atoms with Gasteiger partial charge in [-0.05, 0) is 44.7 Å². The second-order valence-corrected chi connectivity index (χ2v) is 6.20. The fourth-order valence-electron chi connectivity index (χ4n) is 2.72. The molecule has 1 aromatic rings. The van der Waals surface area contributed by atoms with Crippen molar-refractivity contribution in [1.29, 1.82) is 0 Å². The number of ether oxygens (including phenoxy) is 1. The van der Waals surface area contributed by atoms with Gasteiger partial charge >= 0.3 is 0 Å². The molecule has 0 aromatic heterocycles. The van der Waals surface area contributed by atoms with Crippen molar-refractivity contribution in [3.63, 3.8) is 0 Å². The number of amides is 1. The second-order valence-electron chi connectivity index (χ2n) is 5.51. The van der Waals surface area contributed by atoms with Crippen LogP contribution in [-0.2, 0) is 0 Å². The molecule has 0 saturated carbocycles. The van der Waals surface area contributed by atoms with Crippen LogP contribution < -0.4 is 4.74 Å². The van der Waals surface area contributed by atoms with E-state index in [0.717, 1.165) is 31.5 Å². The van der Waals surface area contributed by atoms with E-state index in [1.54, 1.807) is 7.11 Å². The summed E-state index contributed by atoms with van der Waals surface area (Å²) >= 11 is 6.15. The smallest absolute Gasteiger partial charge is 0.257 e. The molecule has 0 N–H and O–H groups in total. The summed E-state index contributed by atoms with van der Waals surface area (Å²) < 4.78 is 5.30. The van der Waals surface area contributed by atoms with Crippen LogP contribution in [-0.4, -0.2) is 36.4 Å². The molecule has 1 atom stereocenters. The molecular weight excluding hydrogens is 274 g/mol. The molecule has 20 heavy (non-hydrogen) atoms. The first-order valence-corrected chi connectivity index (χ1v) is 7.54. The predicted molar refractivity (Wildman–Crippen MR) is 81.7 cm³/mol. The molecule has 1 heterocycles. The maximum absolute atomic E-state index is 12.6. The van der Waals surface area contributed by atoms with Crippen molar-refractivity contribution in [1.82, 2.24) is 4.90 Å². The van der Waals surface area contributed by atoms with E-state index < -0.39 is 0 Å². The molecule has 1 fully saturated rings. The Morgan fingerprint density at radius 3 is 2.60 bits per heavy atom. The zero-order chi connectivity index (χ0) is 14.7. The van der Waals surface area contributed by atoms with Crippen molar-refractivity contribution < 1.29 is 9.53 Å². The summed E-state index contributed by atoms with van der Waals surface area (Å²) in [6, 6.07) is 5.71. The van der Waals surface area contributed by atoms with Crippen LogP contribution in [0.2, 0.25) is 0 Å². The fourth-order valence-corrected chi connectivity index (χ4v) is 2.97. The molecular formula is C16H22ClNO2. The maximum atomic E-state index is 12.6. The van der Waals surface area contributed by atoms with E-state index >= 15 is 0 Å². The molecule has 0 bridgehead atoms. The number of likely N-dealkylation sites (tertiary alicyclic amines) is 1. The molecule has 0 aliphatic carbocycles. The average molecular weight is 296 g/mol. The average Bonchev–Trinajstić information content (AvgIpc) is 2.46. The summed E-state index contributed by atoms with van der Waals surface area (Å²) in [6.07, 6.45) is 1.95. The minimum atomic E-state index is 0.0613. The van der Waals surface area contributed by atoms with Gasteiger partial charge in [0.05, 0.1) is 12.7 Å². The van der Waals surface area contributed by atoms with Gasteiger partial charge in [0.25, 0.3) is 5.91 Å². The highest BCUT2D eigenvalue weighted by Gasteiger charge is 2.27. The number of halogens is 1. The topological polar surface area (TPSA) is 29.5 Å². The van der Waals surface area contributed by atoms with Crippen LogP contribution in [0.3, 0.4) is 0 Å². The summed E-state index contributed by atoms with van der Waals surface area (Å²) in [5.41, 5.74) is 1.73. The number of alkyl halides is 1. The number of methoxy groups -OCH3 is 1. The van der Waals surface area contributed by atoms with Gasteiger partial charge in [0.2, 0.25) is 0 Å². The van der Waals surface area contributed by atoms with E-state index in [-0.39, 0.29) is 11.3 Å². The van der Waals surface area contributed by atoms with Crippen molar-refractivity contribution in [3.05, 3.63) is 29.3 Å².